The van der Waals surface area contributed by atoms with E-state index in [0.717, 1.165) is 0 Å². The van der Waals surface area contributed by atoms with Crippen LogP contribution in [0.4, 0.5) is 0 Å². The number of esters is 1. The van der Waals surface area contributed by atoms with E-state index in [1.165, 1.54) is 7.11 Å². The molecule has 0 fully saturated rings. The fraction of sp³-hybridized carbons (Fsp3) is 0.364. The minimum atomic E-state index is -0.224. The van der Waals surface area contributed by atoms with Crippen LogP contribution in [-0.4, -0.2) is 19.7 Å². The van der Waals surface area contributed by atoms with Crippen LogP contribution >= 0.6 is 11.6 Å². The van der Waals surface area contributed by atoms with Crippen LogP contribution in [0.1, 0.15) is 12.8 Å². The highest BCUT2D eigenvalue weighted by Gasteiger charge is 2.02. The maximum absolute atomic E-state index is 10.8. The predicted octanol–water partition coefficient (Wildman–Crippen LogP) is 2.67. The maximum Gasteiger partial charge on any atom is 0.305 e. The van der Waals surface area contributed by atoms with E-state index < -0.39 is 0 Å². The fourth-order valence-corrected chi connectivity index (χ4v) is 1.25. The zero-order valence-electron chi connectivity index (χ0n) is 8.53. The monoisotopic (exact) mass is 228 g/mol. The second-order valence-corrected chi connectivity index (χ2v) is 3.37. The van der Waals surface area contributed by atoms with Gasteiger partial charge < -0.3 is 9.47 Å². The summed E-state index contributed by atoms with van der Waals surface area (Å²) >= 11 is 5.88. The fourth-order valence-electron chi connectivity index (χ4n) is 1.06. The molecule has 0 aliphatic heterocycles. The van der Waals surface area contributed by atoms with Crippen LogP contribution < -0.4 is 4.74 Å². The first-order valence-electron chi connectivity index (χ1n) is 4.68. The van der Waals surface area contributed by atoms with Gasteiger partial charge in [0.15, 0.2) is 0 Å². The van der Waals surface area contributed by atoms with E-state index in [1.54, 1.807) is 12.1 Å². The average Bonchev–Trinajstić information content (AvgIpc) is 2.26. The molecule has 0 radical (unpaired) electrons. The lowest BCUT2D eigenvalue weighted by molar-refractivity contribution is -0.140. The Balaban J connectivity index is 2.26. The Labute approximate surface area is 93.9 Å². The van der Waals surface area contributed by atoms with E-state index in [9.17, 15) is 4.79 Å². The summed E-state index contributed by atoms with van der Waals surface area (Å²) in [5.74, 6) is 0.418. The van der Waals surface area contributed by atoms with Crippen LogP contribution in [0.2, 0.25) is 5.02 Å². The molecule has 82 valence electrons. The van der Waals surface area contributed by atoms with Crippen LogP contribution in [0.25, 0.3) is 0 Å². The molecule has 0 aliphatic rings. The quantitative estimate of drug-likeness (QED) is 0.574. The molecule has 0 bridgehead atoms. The van der Waals surface area contributed by atoms with Gasteiger partial charge in [-0.2, -0.15) is 0 Å². The normalized spacial score (nSPS) is 9.73. The molecule has 3 nitrogen and oxygen atoms in total. The second-order valence-electron chi connectivity index (χ2n) is 2.96. The molecule has 0 atom stereocenters. The third-order valence-electron chi connectivity index (χ3n) is 1.85. The van der Waals surface area contributed by atoms with Gasteiger partial charge in [-0.25, -0.2) is 0 Å². The van der Waals surface area contributed by atoms with Crippen molar-refractivity contribution in [2.45, 2.75) is 12.8 Å². The van der Waals surface area contributed by atoms with Crippen LogP contribution in [0.5, 0.6) is 5.75 Å². The summed E-state index contributed by atoms with van der Waals surface area (Å²) in [6, 6.07) is 7.24. The highest BCUT2D eigenvalue weighted by Crippen LogP contribution is 2.23. The van der Waals surface area contributed by atoms with Crippen LogP contribution in [0, 0.1) is 0 Å². The Morgan fingerprint density at radius 1 is 1.40 bits per heavy atom. The molecule has 0 aromatic heterocycles. The number of carbonyl (C=O) groups excluding carboxylic acids is 1. The third kappa shape index (κ3) is 4.21. The lowest BCUT2D eigenvalue weighted by Gasteiger charge is -2.06. The van der Waals surface area contributed by atoms with Crippen molar-refractivity contribution in [3.05, 3.63) is 29.3 Å². The molecular weight excluding hydrogens is 216 g/mol. The number of methoxy groups -OCH3 is 1. The van der Waals surface area contributed by atoms with Gasteiger partial charge in [-0.05, 0) is 18.6 Å². The molecule has 0 N–H and O–H groups in total. The molecule has 1 aromatic rings. The van der Waals surface area contributed by atoms with E-state index in [1.807, 2.05) is 12.1 Å². The van der Waals surface area contributed by atoms with Crippen molar-refractivity contribution in [1.29, 1.82) is 0 Å². The van der Waals surface area contributed by atoms with Gasteiger partial charge in [-0.3, -0.25) is 4.79 Å². The maximum atomic E-state index is 10.8. The molecule has 4 heteroatoms. The molecule has 0 amide bonds. The molecular formula is C11H13ClO3. The highest BCUT2D eigenvalue weighted by molar-refractivity contribution is 6.32. The van der Waals surface area contributed by atoms with Gasteiger partial charge in [0.05, 0.1) is 18.7 Å². The Morgan fingerprint density at radius 2 is 2.13 bits per heavy atom. The first kappa shape index (κ1) is 11.9. The number of ether oxygens (including phenoxy) is 2. The first-order valence-corrected chi connectivity index (χ1v) is 5.06. The minimum Gasteiger partial charge on any atom is -0.492 e. The van der Waals surface area contributed by atoms with Crippen molar-refractivity contribution in [3.8, 4) is 5.75 Å². The molecule has 0 heterocycles. The number of para-hydroxylation sites is 1. The third-order valence-corrected chi connectivity index (χ3v) is 2.16. The minimum absolute atomic E-state index is 0.224. The smallest absolute Gasteiger partial charge is 0.305 e. The lowest BCUT2D eigenvalue weighted by atomic mass is 10.3. The summed E-state index contributed by atoms with van der Waals surface area (Å²) in [4.78, 5) is 10.8. The summed E-state index contributed by atoms with van der Waals surface area (Å²) in [5, 5.41) is 0.579. The van der Waals surface area contributed by atoms with E-state index in [0.29, 0.717) is 30.2 Å². The van der Waals surface area contributed by atoms with E-state index in [4.69, 9.17) is 16.3 Å². The van der Waals surface area contributed by atoms with Crippen molar-refractivity contribution in [3.63, 3.8) is 0 Å². The van der Waals surface area contributed by atoms with Gasteiger partial charge in [0.2, 0.25) is 0 Å². The number of rotatable bonds is 5. The van der Waals surface area contributed by atoms with Gasteiger partial charge in [-0.15, -0.1) is 0 Å². The molecule has 15 heavy (non-hydrogen) atoms. The first-order chi connectivity index (χ1) is 7.24. The van der Waals surface area contributed by atoms with E-state index >= 15 is 0 Å². The Morgan fingerprint density at radius 3 is 2.80 bits per heavy atom. The summed E-state index contributed by atoms with van der Waals surface area (Å²) in [5.41, 5.74) is 0. The Hall–Kier alpha value is -1.22. The summed E-state index contributed by atoms with van der Waals surface area (Å²) in [7, 11) is 1.37. The molecule has 0 unspecified atom stereocenters. The van der Waals surface area contributed by atoms with Gasteiger partial charge in [0.1, 0.15) is 5.75 Å². The van der Waals surface area contributed by atoms with Crippen molar-refractivity contribution >= 4 is 17.6 Å². The number of benzene rings is 1. The summed E-state index contributed by atoms with van der Waals surface area (Å²) in [6.07, 6.45) is 0.985. The van der Waals surface area contributed by atoms with Gasteiger partial charge in [0, 0.05) is 6.42 Å². The van der Waals surface area contributed by atoms with E-state index in [2.05, 4.69) is 4.74 Å². The molecule has 0 saturated carbocycles. The van der Waals surface area contributed by atoms with Gasteiger partial charge in [0.25, 0.3) is 0 Å². The summed E-state index contributed by atoms with van der Waals surface area (Å²) < 4.78 is 9.90. The van der Waals surface area contributed by atoms with Crippen molar-refractivity contribution < 1.29 is 14.3 Å². The Bertz CT molecular complexity index is 325. The number of carbonyl (C=O) groups is 1. The van der Waals surface area contributed by atoms with Crippen LogP contribution in [0.3, 0.4) is 0 Å². The molecule has 1 aromatic carbocycles. The predicted molar refractivity (Wildman–Crippen MR) is 58.2 cm³/mol. The topological polar surface area (TPSA) is 35.5 Å². The molecule has 0 spiro atoms. The standard InChI is InChI=1S/C11H13ClO3/c1-14-11(13)7-4-8-15-10-6-3-2-5-9(10)12/h2-3,5-6H,4,7-8H2,1H3. The van der Waals surface area contributed by atoms with Crippen molar-refractivity contribution in [1.82, 2.24) is 0 Å². The lowest BCUT2D eigenvalue weighted by Crippen LogP contribution is -2.04. The zero-order valence-corrected chi connectivity index (χ0v) is 9.29. The number of hydrogen-bond acceptors (Lipinski definition) is 3. The van der Waals surface area contributed by atoms with Crippen molar-refractivity contribution in [2.75, 3.05) is 13.7 Å². The molecule has 1 rings (SSSR count). The SMILES string of the molecule is COC(=O)CCCOc1ccccc1Cl. The van der Waals surface area contributed by atoms with Crippen LogP contribution in [-0.2, 0) is 9.53 Å². The highest BCUT2D eigenvalue weighted by atomic mass is 35.5. The van der Waals surface area contributed by atoms with Gasteiger partial charge >= 0.3 is 5.97 Å². The number of halogens is 1. The average molecular weight is 229 g/mol. The zero-order chi connectivity index (χ0) is 11.1. The van der Waals surface area contributed by atoms with Crippen molar-refractivity contribution in [2.24, 2.45) is 0 Å². The van der Waals surface area contributed by atoms with E-state index in [-0.39, 0.29) is 5.97 Å². The Kier molecular flexibility index (Phi) is 4.98. The molecule has 0 aliphatic carbocycles. The van der Waals surface area contributed by atoms with Gasteiger partial charge in [-0.1, -0.05) is 23.7 Å². The van der Waals surface area contributed by atoms with Crippen LogP contribution in [0.15, 0.2) is 24.3 Å². The molecule has 0 saturated heterocycles. The number of hydrogen-bond donors (Lipinski definition) is 0. The summed E-state index contributed by atoms with van der Waals surface area (Å²) in [6.45, 7) is 0.457. The second kappa shape index (κ2) is 6.30. The largest absolute Gasteiger partial charge is 0.492 e.